The zero-order chi connectivity index (χ0) is 19.4. The molecule has 5 nitrogen and oxygen atoms in total. The van der Waals surface area contributed by atoms with E-state index >= 15 is 0 Å². The number of rotatable bonds is 7. The van der Waals surface area contributed by atoms with Crippen LogP contribution in [0.2, 0.25) is 0 Å². The quantitative estimate of drug-likeness (QED) is 0.601. The first-order valence-electron chi connectivity index (χ1n) is 9.14. The van der Waals surface area contributed by atoms with Gasteiger partial charge < -0.3 is 20.1 Å². The van der Waals surface area contributed by atoms with Gasteiger partial charge in [-0.3, -0.25) is 4.79 Å². The van der Waals surface area contributed by atoms with Gasteiger partial charge in [0.05, 0.1) is 0 Å². The Hall–Kier alpha value is -2.63. The topological polar surface area (TPSA) is 74.3 Å². The molecule has 142 valence electrons. The van der Waals surface area contributed by atoms with Crippen LogP contribution in [0.3, 0.4) is 0 Å². The average Bonchev–Trinajstić information content (AvgIpc) is 2.62. The lowest BCUT2D eigenvalue weighted by atomic mass is 10.1. The summed E-state index contributed by atoms with van der Waals surface area (Å²) in [5.41, 5.74) is 4.58. The van der Waals surface area contributed by atoms with Gasteiger partial charge in [0.15, 0.2) is 0 Å². The molecule has 5 heteroatoms. The van der Waals surface area contributed by atoms with Gasteiger partial charge in [0.1, 0.15) is 18.5 Å². The molecule has 3 aromatic rings. The number of hydrogen-bond donors (Lipinski definition) is 3. The van der Waals surface area contributed by atoms with Crippen molar-refractivity contribution in [3.05, 3.63) is 75.1 Å². The van der Waals surface area contributed by atoms with Gasteiger partial charge in [-0.05, 0) is 55.0 Å². The molecule has 0 amide bonds. The Morgan fingerprint density at radius 1 is 1.11 bits per heavy atom. The van der Waals surface area contributed by atoms with Crippen molar-refractivity contribution in [1.82, 2.24) is 10.3 Å². The second-order valence-electron chi connectivity index (χ2n) is 7.03. The lowest BCUT2D eigenvalue weighted by Gasteiger charge is -2.16. The minimum absolute atomic E-state index is 0.109. The number of aromatic amines is 1. The third-order valence-corrected chi connectivity index (χ3v) is 4.60. The molecule has 0 aliphatic carbocycles. The van der Waals surface area contributed by atoms with E-state index in [1.807, 2.05) is 63.2 Å². The zero-order valence-electron chi connectivity index (χ0n) is 16.0. The number of benzene rings is 2. The Morgan fingerprint density at radius 3 is 2.59 bits per heavy atom. The fourth-order valence-corrected chi connectivity index (χ4v) is 3.13. The molecule has 1 aromatic heterocycles. The molecule has 0 unspecified atom stereocenters. The van der Waals surface area contributed by atoms with Crippen LogP contribution in [0.4, 0.5) is 0 Å². The van der Waals surface area contributed by atoms with Crippen molar-refractivity contribution in [2.75, 3.05) is 13.2 Å². The molecule has 0 saturated heterocycles. The van der Waals surface area contributed by atoms with E-state index in [1.165, 1.54) is 0 Å². The molecule has 0 aliphatic heterocycles. The van der Waals surface area contributed by atoms with Crippen LogP contribution in [0.15, 0.2) is 47.3 Å². The number of aromatic nitrogens is 1. The van der Waals surface area contributed by atoms with E-state index in [4.69, 9.17) is 4.74 Å². The summed E-state index contributed by atoms with van der Waals surface area (Å²) in [6, 6.07) is 13.8. The highest BCUT2D eigenvalue weighted by molar-refractivity contribution is 5.79. The molecule has 27 heavy (non-hydrogen) atoms. The smallest absolute Gasteiger partial charge is 0.252 e. The summed E-state index contributed by atoms with van der Waals surface area (Å²) in [5, 5.41) is 14.3. The Balaban J connectivity index is 1.55. The number of aliphatic hydroxyl groups is 1. The van der Waals surface area contributed by atoms with E-state index in [9.17, 15) is 9.90 Å². The van der Waals surface area contributed by atoms with Gasteiger partial charge in [-0.1, -0.05) is 30.3 Å². The second-order valence-corrected chi connectivity index (χ2v) is 7.03. The molecule has 2 aromatic carbocycles. The summed E-state index contributed by atoms with van der Waals surface area (Å²) in [6.45, 7) is 6.90. The number of pyridine rings is 1. The number of aliphatic hydroxyl groups excluding tert-OH is 1. The molecule has 0 spiro atoms. The lowest BCUT2D eigenvalue weighted by molar-refractivity contribution is 0.105. The largest absolute Gasteiger partial charge is 0.490 e. The first-order valence-corrected chi connectivity index (χ1v) is 9.14. The van der Waals surface area contributed by atoms with Crippen LogP contribution < -0.4 is 15.6 Å². The molecule has 0 saturated carbocycles. The Morgan fingerprint density at radius 2 is 1.85 bits per heavy atom. The van der Waals surface area contributed by atoms with Crippen LogP contribution in [0.5, 0.6) is 5.75 Å². The highest BCUT2D eigenvalue weighted by Gasteiger charge is 2.09. The predicted molar refractivity (Wildman–Crippen MR) is 108 cm³/mol. The normalized spacial score (nSPS) is 12.3. The van der Waals surface area contributed by atoms with Crippen molar-refractivity contribution in [3.63, 3.8) is 0 Å². The number of aryl methyl sites for hydroxylation is 3. The van der Waals surface area contributed by atoms with Crippen molar-refractivity contribution in [1.29, 1.82) is 0 Å². The third-order valence-electron chi connectivity index (χ3n) is 4.60. The molecule has 0 fully saturated rings. The van der Waals surface area contributed by atoms with E-state index in [2.05, 4.69) is 10.3 Å². The second kappa shape index (κ2) is 8.37. The number of H-pyrrole nitrogens is 1. The van der Waals surface area contributed by atoms with Gasteiger partial charge in [0.2, 0.25) is 0 Å². The highest BCUT2D eigenvalue weighted by atomic mass is 16.5. The van der Waals surface area contributed by atoms with E-state index in [-0.39, 0.29) is 12.2 Å². The van der Waals surface area contributed by atoms with E-state index in [0.717, 1.165) is 33.3 Å². The SMILES string of the molecule is Cc1ccc2cc(CNC[C@H](O)COc3c(C)cccc3C)c(=O)[nH]c2c1. The minimum atomic E-state index is -0.661. The summed E-state index contributed by atoms with van der Waals surface area (Å²) < 4.78 is 5.77. The van der Waals surface area contributed by atoms with Crippen LogP contribution in [0, 0.1) is 20.8 Å². The third kappa shape index (κ3) is 4.76. The summed E-state index contributed by atoms with van der Waals surface area (Å²) in [4.78, 5) is 15.1. The van der Waals surface area contributed by atoms with Gasteiger partial charge >= 0.3 is 0 Å². The van der Waals surface area contributed by atoms with Crippen molar-refractivity contribution in [3.8, 4) is 5.75 Å². The maximum Gasteiger partial charge on any atom is 0.252 e. The Labute approximate surface area is 159 Å². The van der Waals surface area contributed by atoms with Crippen LogP contribution in [0.1, 0.15) is 22.3 Å². The van der Waals surface area contributed by atoms with Crippen molar-refractivity contribution >= 4 is 10.9 Å². The van der Waals surface area contributed by atoms with Gasteiger partial charge in [-0.25, -0.2) is 0 Å². The van der Waals surface area contributed by atoms with Gasteiger partial charge in [0, 0.05) is 24.2 Å². The molecule has 3 N–H and O–H groups in total. The predicted octanol–water partition coefficient (Wildman–Crippen LogP) is 2.98. The summed E-state index contributed by atoms with van der Waals surface area (Å²) in [6.07, 6.45) is -0.661. The fourth-order valence-electron chi connectivity index (χ4n) is 3.13. The monoisotopic (exact) mass is 366 g/mol. The minimum Gasteiger partial charge on any atom is -0.490 e. The zero-order valence-corrected chi connectivity index (χ0v) is 16.0. The number of hydrogen-bond acceptors (Lipinski definition) is 4. The first-order chi connectivity index (χ1) is 12.9. The first kappa shape index (κ1) is 19.1. The van der Waals surface area contributed by atoms with Gasteiger partial charge in [-0.2, -0.15) is 0 Å². The lowest BCUT2D eigenvalue weighted by Crippen LogP contribution is -2.32. The fraction of sp³-hybridized carbons (Fsp3) is 0.318. The van der Waals surface area contributed by atoms with Crippen LogP contribution in [-0.4, -0.2) is 29.3 Å². The van der Waals surface area contributed by atoms with E-state index < -0.39 is 6.10 Å². The van der Waals surface area contributed by atoms with Crippen LogP contribution >= 0.6 is 0 Å². The summed E-state index contributed by atoms with van der Waals surface area (Å²) in [7, 11) is 0. The molecule has 1 heterocycles. The van der Waals surface area contributed by atoms with Crippen molar-refractivity contribution in [2.24, 2.45) is 0 Å². The molecule has 0 aliphatic rings. The average molecular weight is 366 g/mol. The van der Waals surface area contributed by atoms with Crippen LogP contribution in [-0.2, 0) is 6.54 Å². The molecule has 0 radical (unpaired) electrons. The standard InChI is InChI=1S/C22H26N2O3/c1-14-7-8-17-10-18(22(26)24-20(17)9-14)11-23-12-19(25)13-27-21-15(2)5-4-6-16(21)3/h4-10,19,23,25H,11-13H2,1-3H3,(H,24,26)/t19-/m0/s1. The number of para-hydroxylation sites is 1. The Kier molecular flexibility index (Phi) is 5.94. The van der Waals surface area contributed by atoms with E-state index in [0.29, 0.717) is 18.7 Å². The number of ether oxygens (including phenoxy) is 1. The summed E-state index contributed by atoms with van der Waals surface area (Å²) >= 11 is 0. The van der Waals surface area contributed by atoms with Gasteiger partial charge in [0.25, 0.3) is 5.56 Å². The van der Waals surface area contributed by atoms with E-state index in [1.54, 1.807) is 0 Å². The van der Waals surface area contributed by atoms with Crippen molar-refractivity contribution in [2.45, 2.75) is 33.4 Å². The molecular formula is C22H26N2O3. The Bertz CT molecular complexity index is 974. The van der Waals surface area contributed by atoms with Gasteiger partial charge in [-0.15, -0.1) is 0 Å². The number of nitrogens with one attached hydrogen (secondary N) is 2. The highest BCUT2D eigenvalue weighted by Crippen LogP contribution is 2.22. The number of fused-ring (bicyclic) bond motifs is 1. The summed E-state index contributed by atoms with van der Waals surface area (Å²) in [5.74, 6) is 0.817. The van der Waals surface area contributed by atoms with Crippen molar-refractivity contribution < 1.29 is 9.84 Å². The maximum absolute atomic E-state index is 12.2. The molecule has 0 bridgehead atoms. The molecule has 1 atom stereocenters. The maximum atomic E-state index is 12.2. The molecular weight excluding hydrogens is 340 g/mol. The van der Waals surface area contributed by atoms with Crippen LogP contribution in [0.25, 0.3) is 10.9 Å². The molecule has 3 rings (SSSR count).